The number of amides is 3. The second-order valence-corrected chi connectivity index (χ2v) is 9.10. The van der Waals surface area contributed by atoms with E-state index in [1.807, 2.05) is 30.3 Å². The van der Waals surface area contributed by atoms with Crippen LogP contribution in [0.4, 0.5) is 0 Å². The lowest BCUT2D eigenvalue weighted by molar-refractivity contribution is -0.143. The van der Waals surface area contributed by atoms with E-state index in [4.69, 9.17) is 17.2 Å². The SMILES string of the molecule is CC(C)C(NC(=O)C(NC(=O)C(N)Cc1ccccc1)C(C)O)C(=O)NC(CCCN=C(N)N)C(=O)O. The number of guanidine groups is 1. The molecule has 13 nitrogen and oxygen atoms in total. The summed E-state index contributed by atoms with van der Waals surface area (Å²) in [5, 5.41) is 27.0. The van der Waals surface area contributed by atoms with Gasteiger partial charge in [0, 0.05) is 6.54 Å². The molecule has 0 fully saturated rings. The molecule has 1 rings (SSSR count). The zero-order valence-corrected chi connectivity index (χ0v) is 21.4. The van der Waals surface area contributed by atoms with E-state index in [0.29, 0.717) is 6.42 Å². The number of carbonyl (C=O) groups is 4. The van der Waals surface area contributed by atoms with Crippen molar-refractivity contribution in [3.05, 3.63) is 35.9 Å². The van der Waals surface area contributed by atoms with E-state index in [-0.39, 0.29) is 25.3 Å². The summed E-state index contributed by atoms with van der Waals surface area (Å²) in [6.45, 7) is 4.82. The van der Waals surface area contributed by atoms with E-state index in [2.05, 4.69) is 20.9 Å². The standard InChI is InChI=1S/C24H39N7O6/c1-13(2)18(21(34)29-17(23(36)37)10-7-11-28-24(26)27)30-22(35)19(14(3)32)31-20(33)16(25)12-15-8-5-4-6-9-15/h4-6,8-9,13-14,16-19,32H,7,10-12,25H2,1-3H3,(H,29,34)(H,30,35)(H,31,33)(H,36,37)(H4,26,27,28). The molecule has 0 spiro atoms. The number of aliphatic hydroxyl groups is 1. The van der Waals surface area contributed by atoms with Crippen LogP contribution in [0.3, 0.4) is 0 Å². The molecule has 3 amide bonds. The minimum absolute atomic E-state index is 0.0578. The zero-order chi connectivity index (χ0) is 28.1. The van der Waals surface area contributed by atoms with Crippen LogP contribution in [-0.4, -0.2) is 76.7 Å². The number of hydrogen-bond donors (Lipinski definition) is 8. The Bertz CT molecular complexity index is 935. The Morgan fingerprint density at radius 3 is 2.00 bits per heavy atom. The van der Waals surface area contributed by atoms with Crippen LogP contribution in [0.25, 0.3) is 0 Å². The Labute approximate surface area is 216 Å². The van der Waals surface area contributed by atoms with Gasteiger partial charge in [-0.1, -0.05) is 44.2 Å². The number of nitrogens with one attached hydrogen (secondary N) is 3. The van der Waals surface area contributed by atoms with E-state index >= 15 is 0 Å². The molecule has 13 heteroatoms. The first-order valence-electron chi connectivity index (χ1n) is 12.0. The number of benzene rings is 1. The average Bonchev–Trinajstić information content (AvgIpc) is 2.82. The van der Waals surface area contributed by atoms with Crippen molar-refractivity contribution in [3.63, 3.8) is 0 Å². The maximum atomic E-state index is 13.0. The molecule has 206 valence electrons. The van der Waals surface area contributed by atoms with Crippen molar-refractivity contribution in [2.45, 2.75) is 70.3 Å². The van der Waals surface area contributed by atoms with Crippen molar-refractivity contribution in [2.75, 3.05) is 6.54 Å². The van der Waals surface area contributed by atoms with Gasteiger partial charge in [0.2, 0.25) is 17.7 Å². The predicted octanol–water partition coefficient (Wildman–Crippen LogP) is -1.81. The number of carboxylic acid groups (broad SMARTS) is 1. The summed E-state index contributed by atoms with van der Waals surface area (Å²) in [4.78, 5) is 53.8. The molecular weight excluding hydrogens is 482 g/mol. The van der Waals surface area contributed by atoms with Gasteiger partial charge in [0.05, 0.1) is 12.1 Å². The zero-order valence-electron chi connectivity index (χ0n) is 21.4. The van der Waals surface area contributed by atoms with Gasteiger partial charge in [0.1, 0.15) is 18.1 Å². The van der Waals surface area contributed by atoms with Gasteiger partial charge in [-0.05, 0) is 37.7 Å². The Morgan fingerprint density at radius 1 is 0.919 bits per heavy atom. The minimum atomic E-state index is -1.39. The molecule has 11 N–H and O–H groups in total. The van der Waals surface area contributed by atoms with Gasteiger partial charge in [-0.3, -0.25) is 19.4 Å². The lowest BCUT2D eigenvalue weighted by Crippen LogP contribution is -2.60. The summed E-state index contributed by atoms with van der Waals surface area (Å²) < 4.78 is 0. The molecule has 0 aliphatic carbocycles. The van der Waals surface area contributed by atoms with Gasteiger partial charge < -0.3 is 43.4 Å². The fraction of sp³-hybridized carbons (Fsp3) is 0.542. The van der Waals surface area contributed by atoms with Gasteiger partial charge in [-0.2, -0.15) is 0 Å². The van der Waals surface area contributed by atoms with Gasteiger partial charge in [-0.25, -0.2) is 4.79 Å². The van der Waals surface area contributed by atoms with E-state index < -0.39 is 59.9 Å². The van der Waals surface area contributed by atoms with E-state index in [1.54, 1.807) is 13.8 Å². The number of nitrogens with zero attached hydrogens (tertiary/aromatic N) is 1. The first-order valence-corrected chi connectivity index (χ1v) is 12.0. The van der Waals surface area contributed by atoms with Crippen molar-refractivity contribution in [1.29, 1.82) is 0 Å². The summed E-state index contributed by atoms with van der Waals surface area (Å²) >= 11 is 0. The summed E-state index contributed by atoms with van der Waals surface area (Å²) in [7, 11) is 0. The van der Waals surface area contributed by atoms with Crippen molar-refractivity contribution >= 4 is 29.7 Å². The lowest BCUT2D eigenvalue weighted by Gasteiger charge is -2.28. The molecule has 37 heavy (non-hydrogen) atoms. The summed E-state index contributed by atoms with van der Waals surface area (Å²) in [5.74, 6) is -4.02. The van der Waals surface area contributed by atoms with Crippen LogP contribution in [0.15, 0.2) is 35.3 Å². The van der Waals surface area contributed by atoms with Crippen molar-refractivity contribution < 1.29 is 29.4 Å². The molecule has 5 atom stereocenters. The number of aliphatic imine (C=N–C) groups is 1. The first kappa shape index (κ1) is 31.3. The maximum absolute atomic E-state index is 13.0. The monoisotopic (exact) mass is 521 g/mol. The van der Waals surface area contributed by atoms with Crippen molar-refractivity contribution in [1.82, 2.24) is 16.0 Å². The summed E-state index contributed by atoms with van der Waals surface area (Å²) in [5.41, 5.74) is 17.3. The molecule has 0 aliphatic heterocycles. The fourth-order valence-corrected chi connectivity index (χ4v) is 3.43. The van der Waals surface area contributed by atoms with Crippen molar-refractivity contribution in [3.8, 4) is 0 Å². The fourth-order valence-electron chi connectivity index (χ4n) is 3.43. The van der Waals surface area contributed by atoms with Crippen LogP contribution in [0.5, 0.6) is 0 Å². The quantitative estimate of drug-likeness (QED) is 0.0736. The molecule has 0 saturated heterocycles. The van der Waals surface area contributed by atoms with E-state index in [1.165, 1.54) is 6.92 Å². The highest BCUT2D eigenvalue weighted by Gasteiger charge is 2.33. The smallest absolute Gasteiger partial charge is 0.326 e. The van der Waals surface area contributed by atoms with Gasteiger partial charge >= 0.3 is 5.97 Å². The Balaban J connectivity index is 2.84. The first-order chi connectivity index (χ1) is 17.3. The minimum Gasteiger partial charge on any atom is -0.480 e. The number of carbonyl (C=O) groups excluding carboxylic acids is 3. The van der Waals surface area contributed by atoms with Crippen LogP contribution in [0.1, 0.15) is 39.2 Å². The number of carboxylic acids is 1. The van der Waals surface area contributed by atoms with E-state index in [9.17, 15) is 29.4 Å². The van der Waals surface area contributed by atoms with Crippen LogP contribution < -0.4 is 33.2 Å². The lowest BCUT2D eigenvalue weighted by atomic mass is 10.0. The second kappa shape index (κ2) is 15.4. The molecule has 1 aromatic rings. The molecular formula is C24H39N7O6. The highest BCUT2D eigenvalue weighted by Crippen LogP contribution is 2.07. The van der Waals surface area contributed by atoms with Crippen LogP contribution in [0, 0.1) is 5.92 Å². The third-order valence-corrected chi connectivity index (χ3v) is 5.50. The predicted molar refractivity (Wildman–Crippen MR) is 138 cm³/mol. The average molecular weight is 522 g/mol. The molecule has 0 aromatic heterocycles. The van der Waals surface area contributed by atoms with Gasteiger partial charge in [0.15, 0.2) is 5.96 Å². The van der Waals surface area contributed by atoms with E-state index in [0.717, 1.165) is 5.56 Å². The van der Waals surface area contributed by atoms with Crippen LogP contribution in [-0.2, 0) is 25.6 Å². The van der Waals surface area contributed by atoms with Crippen molar-refractivity contribution in [2.24, 2.45) is 28.1 Å². The maximum Gasteiger partial charge on any atom is 0.326 e. The molecule has 0 saturated carbocycles. The molecule has 1 aromatic carbocycles. The number of nitrogens with two attached hydrogens (primary N) is 3. The number of aliphatic hydroxyl groups excluding tert-OH is 1. The Hall–Kier alpha value is -3.71. The largest absolute Gasteiger partial charge is 0.480 e. The van der Waals surface area contributed by atoms with Crippen LogP contribution >= 0.6 is 0 Å². The Morgan fingerprint density at radius 2 is 1.49 bits per heavy atom. The summed E-state index contributed by atoms with van der Waals surface area (Å²) in [6, 6.07) is 4.33. The number of hydrogen-bond acceptors (Lipinski definition) is 7. The van der Waals surface area contributed by atoms with Gasteiger partial charge in [-0.15, -0.1) is 0 Å². The normalized spacial score (nSPS) is 15.0. The van der Waals surface area contributed by atoms with Crippen LogP contribution in [0.2, 0.25) is 0 Å². The third-order valence-electron chi connectivity index (χ3n) is 5.50. The Kier molecular flexibility index (Phi) is 13.0. The molecule has 0 bridgehead atoms. The number of rotatable bonds is 15. The third kappa shape index (κ3) is 11.3. The number of aliphatic carboxylic acids is 1. The molecule has 0 aliphatic rings. The molecule has 0 radical (unpaired) electrons. The summed E-state index contributed by atoms with van der Waals surface area (Å²) in [6.07, 6.45) is -0.723. The molecule has 0 heterocycles. The van der Waals surface area contributed by atoms with Gasteiger partial charge in [0.25, 0.3) is 0 Å². The highest BCUT2D eigenvalue weighted by molar-refractivity contribution is 5.94. The topological polar surface area (TPSA) is 235 Å². The second-order valence-electron chi connectivity index (χ2n) is 9.10. The molecule has 5 unspecified atom stereocenters. The highest BCUT2D eigenvalue weighted by atomic mass is 16.4.